The van der Waals surface area contributed by atoms with Crippen molar-refractivity contribution in [3.63, 3.8) is 0 Å². The van der Waals surface area contributed by atoms with E-state index in [1.165, 1.54) is 23.1 Å². The lowest BCUT2D eigenvalue weighted by atomic mass is 10.1. The summed E-state index contributed by atoms with van der Waals surface area (Å²) in [6.45, 7) is 0.277. The maximum Gasteiger partial charge on any atom is 0.257 e. The Balaban J connectivity index is 1.68. The maximum absolute atomic E-state index is 14.2. The van der Waals surface area contributed by atoms with Gasteiger partial charge in [0.25, 0.3) is 5.91 Å². The first-order valence-electron chi connectivity index (χ1n) is 8.83. The molecule has 146 valence electrons. The average molecular weight is 429 g/mol. The van der Waals surface area contributed by atoms with Gasteiger partial charge in [-0.1, -0.05) is 47.5 Å². The number of amides is 1. The van der Waals surface area contributed by atoms with Crippen LogP contribution >= 0.6 is 23.2 Å². The first kappa shape index (κ1) is 19.4. The van der Waals surface area contributed by atoms with Crippen LogP contribution in [-0.2, 0) is 13.1 Å². The molecule has 0 aliphatic heterocycles. The molecule has 0 aliphatic carbocycles. The van der Waals surface area contributed by atoms with Gasteiger partial charge in [0.05, 0.1) is 12.1 Å². The number of halogens is 3. The Morgan fingerprint density at radius 3 is 2.55 bits per heavy atom. The minimum absolute atomic E-state index is 0.0197. The first-order valence-corrected chi connectivity index (χ1v) is 9.58. The Morgan fingerprint density at radius 2 is 1.76 bits per heavy atom. The fourth-order valence-electron chi connectivity index (χ4n) is 3.04. The van der Waals surface area contributed by atoms with Gasteiger partial charge in [-0.15, -0.1) is 0 Å². The number of hydrogen-bond acceptors (Lipinski definition) is 3. The quantitative estimate of drug-likeness (QED) is 0.384. The zero-order chi connectivity index (χ0) is 20.4. The van der Waals surface area contributed by atoms with E-state index >= 15 is 0 Å². The van der Waals surface area contributed by atoms with Crippen molar-refractivity contribution in [2.24, 2.45) is 0 Å². The van der Waals surface area contributed by atoms with E-state index in [-0.39, 0.29) is 18.7 Å². The third-order valence-corrected chi connectivity index (χ3v) is 4.84. The number of carbonyl (C=O) groups excluding carboxylic acids is 1. The standard InChI is InChI=1S/C22H15Cl2FN2O2/c23-15-5-3-4-14(10-15)12-27(22(28)17-6-1-2-7-18(17)25)13-21-26-19-11-16(24)8-9-20(19)29-21/h1-11H,12-13H2. The molecular weight excluding hydrogens is 414 g/mol. The zero-order valence-electron chi connectivity index (χ0n) is 15.1. The van der Waals surface area contributed by atoms with E-state index in [4.69, 9.17) is 27.6 Å². The van der Waals surface area contributed by atoms with Gasteiger partial charge in [0.15, 0.2) is 5.58 Å². The molecule has 0 spiro atoms. The number of hydrogen-bond donors (Lipinski definition) is 0. The Bertz CT molecular complexity index is 1190. The molecular formula is C22H15Cl2FN2O2. The van der Waals surface area contributed by atoms with Gasteiger partial charge in [-0.05, 0) is 48.0 Å². The van der Waals surface area contributed by atoms with Crippen molar-refractivity contribution in [3.8, 4) is 0 Å². The van der Waals surface area contributed by atoms with E-state index in [0.717, 1.165) is 5.56 Å². The minimum Gasteiger partial charge on any atom is -0.439 e. The highest BCUT2D eigenvalue weighted by atomic mass is 35.5. The van der Waals surface area contributed by atoms with Crippen LogP contribution in [0.15, 0.2) is 71.1 Å². The number of rotatable bonds is 5. The fraction of sp³-hybridized carbons (Fsp3) is 0.0909. The Hall–Kier alpha value is -2.89. The average Bonchev–Trinajstić information content (AvgIpc) is 3.09. The van der Waals surface area contributed by atoms with Gasteiger partial charge < -0.3 is 9.32 Å². The van der Waals surface area contributed by atoms with Crippen LogP contribution in [0.4, 0.5) is 4.39 Å². The summed E-state index contributed by atoms with van der Waals surface area (Å²) in [6, 6.07) is 18.1. The SMILES string of the molecule is O=C(c1ccccc1F)N(Cc1cccc(Cl)c1)Cc1nc2cc(Cl)ccc2o1. The Morgan fingerprint density at radius 1 is 0.966 bits per heavy atom. The molecule has 29 heavy (non-hydrogen) atoms. The maximum atomic E-state index is 14.2. The molecule has 7 heteroatoms. The van der Waals surface area contributed by atoms with Crippen LogP contribution in [0.25, 0.3) is 11.1 Å². The van der Waals surface area contributed by atoms with Crippen LogP contribution in [0, 0.1) is 5.82 Å². The lowest BCUT2D eigenvalue weighted by Gasteiger charge is -2.22. The summed E-state index contributed by atoms with van der Waals surface area (Å²) in [5.41, 5.74) is 1.94. The second-order valence-corrected chi connectivity index (χ2v) is 7.36. The van der Waals surface area contributed by atoms with E-state index in [2.05, 4.69) is 4.98 Å². The smallest absolute Gasteiger partial charge is 0.257 e. The third kappa shape index (κ3) is 4.42. The van der Waals surface area contributed by atoms with E-state index < -0.39 is 11.7 Å². The number of aromatic nitrogens is 1. The summed E-state index contributed by atoms with van der Waals surface area (Å²) in [4.78, 5) is 19.0. The van der Waals surface area contributed by atoms with Crippen molar-refractivity contribution >= 4 is 40.2 Å². The normalized spacial score (nSPS) is 11.0. The van der Waals surface area contributed by atoms with E-state index in [1.807, 2.05) is 6.07 Å². The van der Waals surface area contributed by atoms with Crippen molar-refractivity contribution in [1.29, 1.82) is 0 Å². The molecule has 1 amide bonds. The highest BCUT2D eigenvalue weighted by Crippen LogP contribution is 2.23. The highest BCUT2D eigenvalue weighted by Gasteiger charge is 2.22. The summed E-state index contributed by atoms with van der Waals surface area (Å²) in [5.74, 6) is -0.727. The largest absolute Gasteiger partial charge is 0.439 e. The molecule has 1 heterocycles. The number of oxazole rings is 1. The number of nitrogens with zero attached hydrogens (tertiary/aromatic N) is 2. The molecule has 4 rings (SSSR count). The molecule has 0 saturated carbocycles. The minimum atomic E-state index is -0.585. The number of benzene rings is 3. The van der Waals surface area contributed by atoms with Crippen molar-refractivity contribution in [2.75, 3.05) is 0 Å². The molecule has 3 aromatic carbocycles. The van der Waals surface area contributed by atoms with Crippen LogP contribution < -0.4 is 0 Å². The van der Waals surface area contributed by atoms with Crippen molar-refractivity contribution in [1.82, 2.24) is 9.88 Å². The molecule has 0 saturated heterocycles. The third-order valence-electron chi connectivity index (χ3n) is 4.37. The molecule has 0 atom stereocenters. The molecule has 0 unspecified atom stereocenters. The molecule has 0 bridgehead atoms. The second kappa shape index (κ2) is 8.23. The van der Waals surface area contributed by atoms with E-state index in [0.29, 0.717) is 27.0 Å². The van der Waals surface area contributed by atoms with E-state index in [9.17, 15) is 9.18 Å². The van der Waals surface area contributed by atoms with Gasteiger partial charge >= 0.3 is 0 Å². The summed E-state index contributed by atoms with van der Waals surface area (Å²) in [6.07, 6.45) is 0. The fourth-order valence-corrected chi connectivity index (χ4v) is 3.42. The van der Waals surface area contributed by atoms with Gasteiger partial charge in [-0.25, -0.2) is 9.37 Å². The van der Waals surface area contributed by atoms with Gasteiger partial charge in [-0.3, -0.25) is 4.79 Å². The summed E-state index contributed by atoms with van der Waals surface area (Å²) in [7, 11) is 0. The van der Waals surface area contributed by atoms with Crippen LogP contribution in [-0.4, -0.2) is 15.8 Å². The van der Waals surface area contributed by atoms with Crippen molar-refractivity contribution in [3.05, 3.63) is 99.6 Å². The number of fused-ring (bicyclic) bond motifs is 1. The molecule has 4 aromatic rings. The van der Waals surface area contributed by atoms with Crippen LogP contribution in [0.2, 0.25) is 10.0 Å². The van der Waals surface area contributed by atoms with Gasteiger partial charge in [0.1, 0.15) is 11.3 Å². The second-order valence-electron chi connectivity index (χ2n) is 6.49. The molecule has 4 nitrogen and oxygen atoms in total. The predicted molar refractivity (Wildman–Crippen MR) is 110 cm³/mol. The summed E-state index contributed by atoms with van der Waals surface area (Å²) < 4.78 is 20.0. The van der Waals surface area contributed by atoms with Gasteiger partial charge in [0.2, 0.25) is 5.89 Å². The summed E-state index contributed by atoms with van der Waals surface area (Å²) in [5, 5.41) is 1.09. The van der Waals surface area contributed by atoms with E-state index in [1.54, 1.807) is 42.5 Å². The molecule has 1 aromatic heterocycles. The predicted octanol–water partition coefficient (Wildman–Crippen LogP) is 6.12. The lowest BCUT2D eigenvalue weighted by Crippen LogP contribution is -2.31. The van der Waals surface area contributed by atoms with Crippen molar-refractivity contribution in [2.45, 2.75) is 13.1 Å². The summed E-state index contributed by atoms with van der Waals surface area (Å²) >= 11 is 12.1. The molecule has 0 radical (unpaired) electrons. The molecule has 0 fully saturated rings. The van der Waals surface area contributed by atoms with Gasteiger partial charge in [0, 0.05) is 16.6 Å². The van der Waals surface area contributed by atoms with Crippen molar-refractivity contribution < 1.29 is 13.6 Å². The highest BCUT2D eigenvalue weighted by molar-refractivity contribution is 6.31. The lowest BCUT2D eigenvalue weighted by molar-refractivity contribution is 0.0710. The van der Waals surface area contributed by atoms with Crippen LogP contribution in [0.1, 0.15) is 21.8 Å². The first-order chi connectivity index (χ1) is 14.0. The Kier molecular flexibility index (Phi) is 5.51. The zero-order valence-corrected chi connectivity index (χ0v) is 16.6. The number of carbonyl (C=O) groups is 1. The van der Waals surface area contributed by atoms with Crippen LogP contribution in [0.5, 0.6) is 0 Å². The Labute approximate surface area is 176 Å². The topological polar surface area (TPSA) is 46.3 Å². The molecule has 0 aliphatic rings. The van der Waals surface area contributed by atoms with Gasteiger partial charge in [-0.2, -0.15) is 0 Å². The monoisotopic (exact) mass is 428 g/mol. The molecule has 0 N–H and O–H groups in total. The van der Waals surface area contributed by atoms with Crippen LogP contribution in [0.3, 0.4) is 0 Å².